The van der Waals surface area contributed by atoms with Gasteiger partial charge in [-0.2, -0.15) is 43.7 Å². The van der Waals surface area contributed by atoms with E-state index in [1.54, 1.807) is 0 Å². The number of hydrogen-bond donors (Lipinski definition) is 0. The van der Waals surface area contributed by atoms with Crippen molar-refractivity contribution in [3.8, 4) is 0 Å². The van der Waals surface area contributed by atoms with Crippen LogP contribution < -0.4 is 43.7 Å². The van der Waals surface area contributed by atoms with Crippen molar-refractivity contribution in [3.05, 3.63) is 243 Å². The monoisotopic (exact) mass is 955 g/mol. The topological polar surface area (TPSA) is 0 Å². The van der Waals surface area contributed by atoms with Crippen LogP contribution in [0.2, 0.25) is 0 Å². The second kappa shape index (κ2) is 30.0. The molecule has 0 N–H and O–H groups in total. The van der Waals surface area contributed by atoms with Crippen LogP contribution in [0.1, 0.15) is 79.1 Å². The van der Waals surface area contributed by atoms with Gasteiger partial charge in [0.25, 0.3) is 0 Å². The summed E-state index contributed by atoms with van der Waals surface area (Å²) in [7, 11) is 8.50. The Kier molecular flexibility index (Phi) is 23.6. The second-order valence-corrected chi connectivity index (χ2v) is 21.4. The summed E-state index contributed by atoms with van der Waals surface area (Å²) in [6, 6.07) is 87.1. The fourth-order valence-corrected chi connectivity index (χ4v) is 10.9. The number of benzene rings is 8. The fraction of sp³-hybridized carbons (Fsp3) is 0.294. The molecule has 0 atom stereocenters. The molecule has 8 rings (SSSR count). The Balaban J connectivity index is 0.000000195. The molecule has 376 valence electrons. The normalized spacial score (nSPS) is 11.4. The highest BCUT2D eigenvalue weighted by atomic mass is 15.3. The molecule has 4 heteroatoms. The van der Waals surface area contributed by atoms with Crippen LogP contribution >= 0.6 is 0 Å². The second-order valence-electron chi connectivity index (χ2n) is 21.4. The van der Waals surface area contributed by atoms with Crippen LogP contribution in [0.4, 0.5) is 0 Å². The quantitative estimate of drug-likeness (QED) is 0.0528. The molecule has 0 aliphatic carbocycles. The molecule has 0 aromatic heterocycles. The molecular weight excluding hydrogens is 866 g/mol. The van der Waals surface area contributed by atoms with Crippen molar-refractivity contribution < 1.29 is 8.97 Å². The van der Waals surface area contributed by atoms with Gasteiger partial charge in [-0.15, -0.1) is 0 Å². The van der Waals surface area contributed by atoms with Crippen molar-refractivity contribution in [3.63, 3.8) is 0 Å². The third-order valence-electron chi connectivity index (χ3n) is 14.3. The van der Waals surface area contributed by atoms with E-state index < -0.39 is 12.3 Å². The lowest BCUT2D eigenvalue weighted by atomic mass is 9.13. The van der Waals surface area contributed by atoms with Crippen molar-refractivity contribution in [1.29, 1.82) is 0 Å². The number of rotatable bonds is 20. The average Bonchev–Trinajstić information content (AvgIpc) is 3.43. The first-order chi connectivity index (χ1) is 35.1. The molecule has 8 aromatic carbocycles. The SMILES string of the molecule is CCCC[N+](CCCC)(CCCC)CCCC.C[N+](C)(C)C.c1ccc([B-](c2ccccc2)(c2ccccc2)c2ccccc2)cc1.c1ccc([B-](c2ccccc2)(c2ccccc2)c2ccccc2)cc1. The molecule has 0 spiro atoms. The Morgan fingerprint density at radius 1 is 0.236 bits per heavy atom. The zero-order chi connectivity index (χ0) is 51.4. The highest BCUT2D eigenvalue weighted by Gasteiger charge is 2.32. The Bertz CT molecular complexity index is 2050. The molecule has 0 heterocycles. The van der Waals surface area contributed by atoms with Gasteiger partial charge in [-0.05, 0) is 25.7 Å². The molecule has 0 unspecified atom stereocenters. The predicted molar refractivity (Wildman–Crippen MR) is 323 cm³/mol. The molecule has 0 aliphatic rings. The zero-order valence-electron chi connectivity index (χ0n) is 45.6. The van der Waals surface area contributed by atoms with Gasteiger partial charge in [0.05, 0.1) is 54.4 Å². The van der Waals surface area contributed by atoms with Crippen LogP contribution in [-0.4, -0.2) is 75.6 Å². The van der Waals surface area contributed by atoms with E-state index in [4.69, 9.17) is 0 Å². The van der Waals surface area contributed by atoms with Crippen molar-refractivity contribution in [1.82, 2.24) is 0 Å². The van der Waals surface area contributed by atoms with Crippen LogP contribution in [0, 0.1) is 0 Å². The van der Waals surface area contributed by atoms with Crippen LogP contribution in [0.25, 0.3) is 0 Å². The largest absolute Gasteiger partial charge is 0.333 e. The van der Waals surface area contributed by atoms with Crippen LogP contribution in [0.5, 0.6) is 0 Å². The summed E-state index contributed by atoms with van der Waals surface area (Å²) in [6.45, 7) is 15.0. The molecular formula is C68H88B2N2. The first-order valence-corrected chi connectivity index (χ1v) is 27.5. The molecule has 0 bridgehead atoms. The third-order valence-corrected chi connectivity index (χ3v) is 14.3. The fourth-order valence-electron chi connectivity index (χ4n) is 10.9. The Morgan fingerprint density at radius 2 is 0.361 bits per heavy atom. The molecule has 0 fully saturated rings. The highest BCUT2D eigenvalue weighted by Crippen LogP contribution is 2.17. The maximum absolute atomic E-state index is 2.33. The van der Waals surface area contributed by atoms with E-state index >= 15 is 0 Å². The van der Waals surface area contributed by atoms with E-state index in [1.807, 2.05) is 0 Å². The summed E-state index contributed by atoms with van der Waals surface area (Å²) in [4.78, 5) is 0. The van der Waals surface area contributed by atoms with Gasteiger partial charge in [-0.25, -0.2) is 0 Å². The highest BCUT2D eigenvalue weighted by molar-refractivity contribution is 7.20. The molecule has 0 aliphatic heterocycles. The van der Waals surface area contributed by atoms with Gasteiger partial charge in [0.2, 0.25) is 0 Å². The first kappa shape index (κ1) is 56.7. The summed E-state index contributed by atoms with van der Waals surface area (Å²) in [5.41, 5.74) is 10.7. The number of quaternary nitrogens is 2. The molecule has 0 saturated heterocycles. The van der Waals surface area contributed by atoms with Crippen molar-refractivity contribution in [2.45, 2.75) is 79.1 Å². The summed E-state index contributed by atoms with van der Waals surface area (Å²) in [5, 5.41) is 0. The Hall–Kier alpha value is -6.19. The van der Waals surface area contributed by atoms with Crippen molar-refractivity contribution in [2.75, 3.05) is 54.4 Å². The molecule has 0 saturated carbocycles. The molecule has 72 heavy (non-hydrogen) atoms. The van der Waals surface area contributed by atoms with Crippen LogP contribution in [0.3, 0.4) is 0 Å². The molecule has 8 aromatic rings. The van der Waals surface area contributed by atoms with E-state index in [0.29, 0.717) is 0 Å². The van der Waals surface area contributed by atoms with Gasteiger partial charge in [0.1, 0.15) is 12.3 Å². The molecule has 0 radical (unpaired) electrons. The number of nitrogens with zero attached hydrogens (tertiary/aromatic N) is 2. The van der Waals surface area contributed by atoms with Gasteiger partial charge in [0, 0.05) is 0 Å². The summed E-state index contributed by atoms with van der Waals surface area (Å²) >= 11 is 0. The molecule has 2 nitrogen and oxygen atoms in total. The van der Waals surface area contributed by atoms with E-state index in [2.05, 4.69) is 299 Å². The lowest BCUT2D eigenvalue weighted by Crippen LogP contribution is -2.74. The summed E-state index contributed by atoms with van der Waals surface area (Å²) in [5.74, 6) is 0. The number of hydrogen-bond acceptors (Lipinski definition) is 0. The van der Waals surface area contributed by atoms with Crippen LogP contribution in [-0.2, 0) is 0 Å². The maximum atomic E-state index is 2.33. The predicted octanol–water partition coefficient (Wildman–Crippen LogP) is 11.5. The van der Waals surface area contributed by atoms with E-state index in [9.17, 15) is 0 Å². The van der Waals surface area contributed by atoms with E-state index in [0.717, 1.165) is 4.48 Å². The maximum Gasteiger partial charge on any atom is 0.108 e. The minimum absolute atomic E-state index is 1.00. The lowest BCUT2D eigenvalue weighted by Gasteiger charge is -2.44. The Morgan fingerprint density at radius 3 is 0.472 bits per heavy atom. The first-order valence-electron chi connectivity index (χ1n) is 27.5. The van der Waals surface area contributed by atoms with Gasteiger partial charge < -0.3 is 8.97 Å². The van der Waals surface area contributed by atoms with Crippen molar-refractivity contribution >= 4 is 56.0 Å². The minimum Gasteiger partial charge on any atom is -0.333 e. The van der Waals surface area contributed by atoms with Crippen LogP contribution in [0.15, 0.2) is 243 Å². The van der Waals surface area contributed by atoms with Gasteiger partial charge >= 0.3 is 0 Å². The van der Waals surface area contributed by atoms with E-state index in [-0.39, 0.29) is 0 Å². The minimum atomic E-state index is -1.22. The standard InChI is InChI=1S/2C24H20B.C16H36N.C4H12N/c2*1-5-13-21(14-6-1)25(22-15-7-2-8-16-22,23-17-9-3-10-18-23)24-19-11-4-12-20-24;1-5-9-13-17(14-10-6-2,15-11-7-3)16-12-8-4;1-5(2,3)4/h2*1-20H;5-16H2,1-4H3;1-4H3/q2*-1;2*+1. The average molecular weight is 955 g/mol. The number of unbranched alkanes of at least 4 members (excludes halogenated alkanes) is 4. The van der Waals surface area contributed by atoms with Gasteiger partial charge in [0.15, 0.2) is 0 Å². The summed E-state index contributed by atoms with van der Waals surface area (Å²) in [6.07, 6.45) is 8.63. The lowest BCUT2D eigenvalue weighted by molar-refractivity contribution is -0.929. The smallest absolute Gasteiger partial charge is 0.108 e. The van der Waals surface area contributed by atoms with Gasteiger partial charge in [-0.3, -0.25) is 0 Å². The molecule has 0 amide bonds. The van der Waals surface area contributed by atoms with Gasteiger partial charge in [-0.1, -0.05) is 296 Å². The van der Waals surface area contributed by atoms with Crippen molar-refractivity contribution in [2.24, 2.45) is 0 Å². The van der Waals surface area contributed by atoms with E-state index in [1.165, 1.54) is 126 Å². The summed E-state index contributed by atoms with van der Waals surface area (Å²) < 4.78 is 2.42. The zero-order valence-corrected chi connectivity index (χ0v) is 45.6. The third kappa shape index (κ3) is 15.9. The Labute approximate surface area is 438 Å².